The maximum atomic E-state index is 11.6. The van der Waals surface area contributed by atoms with Gasteiger partial charge in [-0.25, -0.2) is 8.42 Å². The largest absolute Gasteiger partial charge is 0.356 e. The standard InChI is InChI=1S/C20H39N5O3S.C13H27N3O2/c1-2-18-29(27,28)23-20(26)17-15-13-11-9-7-5-3-4-6-8-10-12-14-16-19-21-24-25-22-19;1-3-4-8-13(18)15-9-6-5-7-12(11(2)17)16-10-14/h2-18H2,1H3,(H,23,26)(H,21,22,24,25);12,16H,3-10,14H2,1-2H3,(H,15,18)/t;12-/m.0/s1. The minimum absolute atomic E-state index is 0.0141. The maximum Gasteiger partial charge on any atom is 0.234 e. The molecule has 47 heavy (non-hydrogen) atoms. The first-order chi connectivity index (χ1) is 22.6. The van der Waals surface area contributed by atoms with E-state index in [0.29, 0.717) is 32.5 Å². The quantitative estimate of drug-likeness (QED) is 0.0542. The lowest BCUT2D eigenvalue weighted by atomic mass is 10.0. The fourth-order valence-electron chi connectivity index (χ4n) is 5.06. The van der Waals surface area contributed by atoms with E-state index in [1.807, 2.05) is 0 Å². The molecule has 0 aliphatic carbocycles. The number of aromatic amines is 1. The zero-order valence-corrected chi connectivity index (χ0v) is 30.4. The van der Waals surface area contributed by atoms with Gasteiger partial charge in [-0.1, -0.05) is 96.1 Å². The van der Waals surface area contributed by atoms with Crippen LogP contribution >= 0.6 is 0 Å². The molecule has 0 saturated carbocycles. The SMILES string of the molecule is CCCCC(=O)NCCCC[C@H](NCN)C(C)=O.CCCS(=O)(=O)NC(=O)CCCCCCCCCCCCCCCc1nn[nH]n1. The fourth-order valence-corrected chi connectivity index (χ4v) is 6.15. The van der Waals surface area contributed by atoms with Crippen molar-refractivity contribution in [2.45, 2.75) is 168 Å². The van der Waals surface area contributed by atoms with Crippen LogP contribution in [-0.4, -0.2) is 71.6 Å². The number of hydrogen-bond acceptors (Lipinski definition) is 10. The predicted octanol–water partition coefficient (Wildman–Crippen LogP) is 4.99. The first-order valence-corrected chi connectivity index (χ1v) is 19.8. The van der Waals surface area contributed by atoms with Crippen LogP contribution in [0.5, 0.6) is 0 Å². The van der Waals surface area contributed by atoms with Gasteiger partial charge in [-0.2, -0.15) is 5.21 Å². The molecular weight excluding hydrogens is 620 g/mol. The number of rotatable bonds is 30. The van der Waals surface area contributed by atoms with E-state index < -0.39 is 10.0 Å². The third kappa shape index (κ3) is 29.4. The molecule has 6 N–H and O–H groups in total. The lowest BCUT2D eigenvalue weighted by Gasteiger charge is -2.14. The number of sulfonamides is 1. The molecule has 0 aliphatic rings. The summed E-state index contributed by atoms with van der Waals surface area (Å²) in [5.41, 5.74) is 5.36. The number of carbonyl (C=O) groups excluding carboxylic acids is 3. The number of amides is 2. The summed E-state index contributed by atoms with van der Waals surface area (Å²) in [7, 11) is -3.42. The van der Waals surface area contributed by atoms with Crippen LogP contribution in [0.1, 0.15) is 161 Å². The van der Waals surface area contributed by atoms with Gasteiger partial charge in [-0.05, 0) is 51.9 Å². The molecular formula is C33H66N8O5S. The van der Waals surface area contributed by atoms with Crippen molar-refractivity contribution < 1.29 is 22.8 Å². The summed E-state index contributed by atoms with van der Waals surface area (Å²) < 4.78 is 25.1. The zero-order valence-electron chi connectivity index (χ0n) is 29.6. The van der Waals surface area contributed by atoms with Gasteiger partial charge in [0.15, 0.2) is 5.82 Å². The average Bonchev–Trinajstić information content (AvgIpc) is 3.54. The third-order valence-electron chi connectivity index (χ3n) is 7.79. The minimum Gasteiger partial charge on any atom is -0.356 e. The van der Waals surface area contributed by atoms with Gasteiger partial charge in [0, 0.05) is 32.5 Å². The van der Waals surface area contributed by atoms with Crippen molar-refractivity contribution in [3.8, 4) is 0 Å². The summed E-state index contributed by atoms with van der Waals surface area (Å²) in [5.74, 6) is 0.703. The monoisotopic (exact) mass is 686 g/mol. The van der Waals surface area contributed by atoms with Crippen LogP contribution in [-0.2, 0) is 30.8 Å². The first-order valence-electron chi connectivity index (χ1n) is 18.1. The number of aryl methyl sites for hydroxylation is 1. The second-order valence-electron chi connectivity index (χ2n) is 12.3. The smallest absolute Gasteiger partial charge is 0.234 e. The van der Waals surface area contributed by atoms with Crippen LogP contribution < -0.4 is 21.1 Å². The summed E-state index contributed by atoms with van der Waals surface area (Å²) in [5, 5.41) is 19.8. The Balaban J connectivity index is 0.00000101. The van der Waals surface area contributed by atoms with E-state index in [0.717, 1.165) is 70.0 Å². The van der Waals surface area contributed by atoms with E-state index in [9.17, 15) is 22.8 Å². The molecule has 0 fully saturated rings. The van der Waals surface area contributed by atoms with Gasteiger partial charge in [0.25, 0.3) is 0 Å². The summed E-state index contributed by atoms with van der Waals surface area (Å²) in [4.78, 5) is 34.2. The van der Waals surface area contributed by atoms with Crippen molar-refractivity contribution in [3.05, 3.63) is 5.82 Å². The van der Waals surface area contributed by atoms with Gasteiger partial charge >= 0.3 is 0 Å². The number of carbonyl (C=O) groups is 3. The summed E-state index contributed by atoms with van der Waals surface area (Å²) in [6.07, 6.45) is 22.4. The molecule has 14 heteroatoms. The summed E-state index contributed by atoms with van der Waals surface area (Å²) >= 11 is 0. The van der Waals surface area contributed by atoms with Gasteiger partial charge in [0.05, 0.1) is 11.8 Å². The molecule has 0 saturated heterocycles. The first kappa shape index (κ1) is 44.5. The van der Waals surface area contributed by atoms with Crippen molar-refractivity contribution >= 4 is 27.6 Å². The van der Waals surface area contributed by atoms with E-state index >= 15 is 0 Å². The number of ketones is 1. The Bertz CT molecular complexity index is 1010. The molecule has 1 heterocycles. The van der Waals surface area contributed by atoms with Gasteiger partial charge in [-0.3, -0.25) is 24.4 Å². The molecule has 274 valence electrons. The molecule has 1 aromatic heterocycles. The van der Waals surface area contributed by atoms with Gasteiger partial charge in [0.2, 0.25) is 21.8 Å². The Morgan fingerprint density at radius 2 is 1.34 bits per heavy atom. The Morgan fingerprint density at radius 3 is 1.85 bits per heavy atom. The van der Waals surface area contributed by atoms with Gasteiger partial charge in [-0.15, -0.1) is 10.2 Å². The van der Waals surface area contributed by atoms with Crippen LogP contribution in [0.15, 0.2) is 0 Å². The third-order valence-corrected chi connectivity index (χ3v) is 9.27. The predicted molar refractivity (Wildman–Crippen MR) is 188 cm³/mol. The molecule has 0 bridgehead atoms. The van der Waals surface area contributed by atoms with E-state index in [1.165, 1.54) is 57.8 Å². The number of nitrogens with one attached hydrogen (secondary N) is 4. The van der Waals surface area contributed by atoms with E-state index in [1.54, 1.807) is 13.8 Å². The number of tetrazole rings is 1. The Morgan fingerprint density at radius 1 is 0.766 bits per heavy atom. The van der Waals surface area contributed by atoms with Crippen molar-refractivity contribution in [2.75, 3.05) is 19.0 Å². The second-order valence-corrected chi connectivity index (χ2v) is 14.1. The highest BCUT2D eigenvalue weighted by molar-refractivity contribution is 7.90. The average molecular weight is 687 g/mol. The van der Waals surface area contributed by atoms with Crippen molar-refractivity contribution in [1.82, 2.24) is 36.0 Å². The lowest BCUT2D eigenvalue weighted by Crippen LogP contribution is -2.39. The Labute approximate surface area is 284 Å². The van der Waals surface area contributed by atoms with Crippen LogP contribution in [0.25, 0.3) is 0 Å². The van der Waals surface area contributed by atoms with Gasteiger partial charge < -0.3 is 11.1 Å². The summed E-state index contributed by atoms with van der Waals surface area (Å²) in [6.45, 7) is 6.43. The zero-order chi connectivity index (χ0) is 35.0. The van der Waals surface area contributed by atoms with Crippen LogP contribution in [0.4, 0.5) is 0 Å². The number of H-pyrrole nitrogens is 1. The van der Waals surface area contributed by atoms with Crippen molar-refractivity contribution in [2.24, 2.45) is 5.73 Å². The molecule has 0 aromatic carbocycles. The Hall–Kier alpha value is -2.45. The van der Waals surface area contributed by atoms with Crippen LogP contribution in [0, 0.1) is 0 Å². The maximum absolute atomic E-state index is 11.6. The summed E-state index contributed by atoms with van der Waals surface area (Å²) in [6, 6.07) is -0.147. The van der Waals surface area contributed by atoms with Crippen molar-refractivity contribution in [3.63, 3.8) is 0 Å². The number of aromatic nitrogens is 4. The highest BCUT2D eigenvalue weighted by Gasteiger charge is 2.13. The fraction of sp³-hybridized carbons (Fsp3) is 0.879. The molecule has 0 radical (unpaired) electrons. The molecule has 1 aromatic rings. The second kappa shape index (κ2) is 30.9. The topological polar surface area (TPSA) is 202 Å². The van der Waals surface area contributed by atoms with Crippen LogP contribution in [0.3, 0.4) is 0 Å². The number of nitrogens with zero attached hydrogens (tertiary/aromatic N) is 3. The molecule has 13 nitrogen and oxygen atoms in total. The molecule has 1 atom stereocenters. The molecule has 0 aliphatic heterocycles. The van der Waals surface area contributed by atoms with Crippen LogP contribution in [0.2, 0.25) is 0 Å². The number of Topliss-reactive ketones (excluding diaryl/α,β-unsaturated/α-hetero) is 1. The minimum atomic E-state index is -3.42. The highest BCUT2D eigenvalue weighted by Crippen LogP contribution is 2.13. The van der Waals surface area contributed by atoms with E-state index in [2.05, 4.69) is 42.9 Å². The van der Waals surface area contributed by atoms with E-state index in [-0.39, 0.29) is 29.4 Å². The van der Waals surface area contributed by atoms with Crippen molar-refractivity contribution in [1.29, 1.82) is 0 Å². The lowest BCUT2D eigenvalue weighted by molar-refractivity contribution is -0.121. The Kier molecular flexibility index (Phi) is 29.2. The highest BCUT2D eigenvalue weighted by atomic mass is 32.2. The molecule has 1 rings (SSSR count). The van der Waals surface area contributed by atoms with E-state index in [4.69, 9.17) is 5.73 Å². The molecule has 2 amide bonds. The van der Waals surface area contributed by atoms with Gasteiger partial charge in [0.1, 0.15) is 5.78 Å². The number of nitrogens with two attached hydrogens (primary N) is 1. The normalized spacial score (nSPS) is 11.8. The number of hydrogen-bond donors (Lipinski definition) is 5. The molecule has 0 unspecified atom stereocenters. The number of unbranched alkanes of at least 4 members (excludes halogenated alkanes) is 14. The molecule has 0 spiro atoms.